The van der Waals surface area contributed by atoms with E-state index in [1.807, 2.05) is 19.4 Å². The zero-order chi connectivity index (χ0) is 13.9. The topological polar surface area (TPSA) is 24.9 Å². The molecule has 1 aliphatic carbocycles. The van der Waals surface area contributed by atoms with Crippen LogP contribution in [-0.4, -0.2) is 12.0 Å². The van der Waals surface area contributed by atoms with Gasteiger partial charge >= 0.3 is 0 Å². The van der Waals surface area contributed by atoms with Gasteiger partial charge in [-0.15, -0.1) is 0 Å². The molecule has 1 N–H and O–H groups in total. The van der Waals surface area contributed by atoms with Crippen LogP contribution in [0.25, 0.3) is 0 Å². The number of hydrogen-bond acceptors (Lipinski definition) is 2. The molecule has 1 heterocycles. The van der Waals surface area contributed by atoms with Crippen molar-refractivity contribution in [3.8, 4) is 0 Å². The lowest BCUT2D eigenvalue weighted by Gasteiger charge is -2.19. The second-order valence-electron chi connectivity index (χ2n) is 5.73. The molecule has 0 saturated carbocycles. The first-order valence-corrected chi connectivity index (χ1v) is 7.46. The third-order valence-electron chi connectivity index (χ3n) is 4.41. The number of aryl methyl sites for hydroxylation is 3. The molecule has 104 valence electrons. The van der Waals surface area contributed by atoms with Gasteiger partial charge in [-0.05, 0) is 73.5 Å². The largest absolute Gasteiger partial charge is 0.313 e. The maximum absolute atomic E-state index is 4.27. The Labute approximate surface area is 121 Å². The number of rotatable bonds is 4. The molecule has 3 rings (SSSR count). The summed E-state index contributed by atoms with van der Waals surface area (Å²) in [5.41, 5.74) is 7.14. The average Bonchev–Trinajstić information content (AvgIpc) is 2.93. The van der Waals surface area contributed by atoms with Crippen LogP contribution in [0.1, 0.15) is 40.3 Å². The zero-order valence-corrected chi connectivity index (χ0v) is 12.3. The number of likely N-dealkylation sites (N-methyl/N-ethyl adjacent to an activating group) is 1. The van der Waals surface area contributed by atoms with E-state index < -0.39 is 0 Å². The Morgan fingerprint density at radius 3 is 2.85 bits per heavy atom. The van der Waals surface area contributed by atoms with Crippen LogP contribution in [-0.2, 0) is 19.3 Å². The van der Waals surface area contributed by atoms with Crippen LogP contribution in [0, 0.1) is 6.92 Å². The van der Waals surface area contributed by atoms with Gasteiger partial charge in [0.1, 0.15) is 0 Å². The highest BCUT2D eigenvalue weighted by Crippen LogP contribution is 2.26. The van der Waals surface area contributed by atoms with Gasteiger partial charge in [-0.3, -0.25) is 4.98 Å². The maximum Gasteiger partial charge on any atom is 0.0376 e. The molecule has 0 spiro atoms. The summed E-state index contributed by atoms with van der Waals surface area (Å²) < 4.78 is 0. The van der Waals surface area contributed by atoms with Gasteiger partial charge in [-0.1, -0.05) is 18.2 Å². The Hall–Kier alpha value is -1.67. The van der Waals surface area contributed by atoms with E-state index in [-0.39, 0.29) is 0 Å². The standard InChI is InChI=1S/C18H22N2/c1-13-8-9-20-12-17(13)18(19-2)11-14-6-7-15-4-3-5-16(15)10-14/h6-10,12,18-19H,3-5,11H2,1-2H3. The Bertz CT molecular complexity index is 604. The van der Waals surface area contributed by atoms with Crippen molar-refractivity contribution in [3.05, 3.63) is 64.5 Å². The molecule has 0 radical (unpaired) electrons. The number of hydrogen-bond donors (Lipinski definition) is 1. The number of nitrogens with one attached hydrogen (secondary N) is 1. The van der Waals surface area contributed by atoms with Crippen LogP contribution >= 0.6 is 0 Å². The first-order chi connectivity index (χ1) is 9.78. The molecule has 1 unspecified atom stereocenters. The minimum absolute atomic E-state index is 0.336. The molecule has 2 nitrogen and oxygen atoms in total. The molecule has 1 aromatic carbocycles. The van der Waals surface area contributed by atoms with Gasteiger partial charge in [0.15, 0.2) is 0 Å². The van der Waals surface area contributed by atoms with Crippen molar-refractivity contribution in [1.82, 2.24) is 10.3 Å². The van der Waals surface area contributed by atoms with Gasteiger partial charge in [0.25, 0.3) is 0 Å². The van der Waals surface area contributed by atoms with E-state index in [0.29, 0.717) is 6.04 Å². The number of pyridine rings is 1. The van der Waals surface area contributed by atoms with Crippen LogP contribution in [0.5, 0.6) is 0 Å². The molecule has 1 aromatic heterocycles. The summed E-state index contributed by atoms with van der Waals surface area (Å²) >= 11 is 0. The number of aromatic nitrogens is 1. The van der Waals surface area contributed by atoms with E-state index in [9.17, 15) is 0 Å². The van der Waals surface area contributed by atoms with Crippen LogP contribution in [0.3, 0.4) is 0 Å². The van der Waals surface area contributed by atoms with Crippen molar-refractivity contribution in [2.24, 2.45) is 0 Å². The van der Waals surface area contributed by atoms with E-state index in [0.717, 1.165) is 6.42 Å². The molecule has 20 heavy (non-hydrogen) atoms. The molecule has 0 aliphatic heterocycles. The van der Waals surface area contributed by atoms with Gasteiger partial charge in [-0.2, -0.15) is 0 Å². The van der Waals surface area contributed by atoms with Gasteiger partial charge in [0.05, 0.1) is 0 Å². The van der Waals surface area contributed by atoms with E-state index in [4.69, 9.17) is 0 Å². The van der Waals surface area contributed by atoms with E-state index in [1.54, 1.807) is 11.1 Å². The first kappa shape index (κ1) is 13.3. The van der Waals surface area contributed by atoms with Gasteiger partial charge in [0, 0.05) is 18.4 Å². The molecule has 0 fully saturated rings. The van der Waals surface area contributed by atoms with E-state index in [2.05, 4.69) is 41.5 Å². The Morgan fingerprint density at radius 2 is 2.05 bits per heavy atom. The quantitative estimate of drug-likeness (QED) is 0.917. The predicted octanol–water partition coefficient (Wildman–Crippen LogP) is 3.38. The predicted molar refractivity (Wildman–Crippen MR) is 82.9 cm³/mol. The molecule has 2 heteroatoms. The van der Waals surface area contributed by atoms with Crippen LogP contribution in [0.2, 0.25) is 0 Å². The fourth-order valence-electron chi connectivity index (χ4n) is 3.20. The number of benzene rings is 1. The molecule has 0 bridgehead atoms. The second kappa shape index (κ2) is 5.76. The SMILES string of the molecule is CNC(Cc1ccc2c(c1)CCC2)c1cnccc1C. The first-order valence-electron chi connectivity index (χ1n) is 7.46. The molecule has 0 saturated heterocycles. The summed E-state index contributed by atoms with van der Waals surface area (Å²) in [6, 6.07) is 9.43. The minimum atomic E-state index is 0.336. The van der Waals surface area contributed by atoms with Crippen molar-refractivity contribution in [2.45, 2.75) is 38.6 Å². The summed E-state index contributed by atoms with van der Waals surface area (Å²) in [7, 11) is 2.03. The molecular formula is C18H22N2. The smallest absolute Gasteiger partial charge is 0.0376 e. The minimum Gasteiger partial charge on any atom is -0.313 e. The summed E-state index contributed by atoms with van der Waals surface area (Å²) in [6.45, 7) is 2.16. The molecule has 1 aliphatic rings. The van der Waals surface area contributed by atoms with Gasteiger partial charge in [-0.25, -0.2) is 0 Å². The fourth-order valence-corrected chi connectivity index (χ4v) is 3.20. The molecule has 2 aromatic rings. The van der Waals surface area contributed by atoms with Crippen molar-refractivity contribution >= 4 is 0 Å². The highest BCUT2D eigenvalue weighted by Gasteiger charge is 2.15. The third kappa shape index (κ3) is 2.61. The Balaban J connectivity index is 1.83. The second-order valence-corrected chi connectivity index (χ2v) is 5.73. The molecule has 1 atom stereocenters. The lowest BCUT2D eigenvalue weighted by Crippen LogP contribution is -2.20. The lowest BCUT2D eigenvalue weighted by atomic mass is 9.95. The highest BCUT2D eigenvalue weighted by molar-refractivity contribution is 5.36. The van der Waals surface area contributed by atoms with Crippen LogP contribution in [0.4, 0.5) is 0 Å². The number of fused-ring (bicyclic) bond motifs is 1. The number of nitrogens with zero attached hydrogens (tertiary/aromatic N) is 1. The van der Waals surface area contributed by atoms with Crippen LogP contribution < -0.4 is 5.32 Å². The van der Waals surface area contributed by atoms with Crippen LogP contribution in [0.15, 0.2) is 36.7 Å². The van der Waals surface area contributed by atoms with Gasteiger partial charge in [0.2, 0.25) is 0 Å². The zero-order valence-electron chi connectivity index (χ0n) is 12.3. The van der Waals surface area contributed by atoms with Crippen molar-refractivity contribution in [3.63, 3.8) is 0 Å². The normalized spacial score (nSPS) is 15.1. The van der Waals surface area contributed by atoms with Crippen molar-refractivity contribution < 1.29 is 0 Å². The summed E-state index contributed by atoms with van der Waals surface area (Å²) in [6.07, 6.45) is 8.70. The average molecular weight is 266 g/mol. The lowest BCUT2D eigenvalue weighted by molar-refractivity contribution is 0.586. The maximum atomic E-state index is 4.27. The summed E-state index contributed by atoms with van der Waals surface area (Å²) in [4.78, 5) is 4.27. The fraction of sp³-hybridized carbons (Fsp3) is 0.389. The summed E-state index contributed by atoms with van der Waals surface area (Å²) in [5.74, 6) is 0. The molecule has 0 amide bonds. The van der Waals surface area contributed by atoms with E-state index in [1.165, 1.54) is 36.0 Å². The highest BCUT2D eigenvalue weighted by atomic mass is 14.9. The summed E-state index contributed by atoms with van der Waals surface area (Å²) in [5, 5.41) is 3.44. The van der Waals surface area contributed by atoms with Gasteiger partial charge < -0.3 is 5.32 Å². The monoisotopic (exact) mass is 266 g/mol. The van der Waals surface area contributed by atoms with E-state index >= 15 is 0 Å². The van der Waals surface area contributed by atoms with Crippen molar-refractivity contribution in [2.75, 3.05) is 7.05 Å². The molecular weight excluding hydrogens is 244 g/mol. The third-order valence-corrected chi connectivity index (χ3v) is 4.41. The Morgan fingerprint density at radius 1 is 1.20 bits per heavy atom. The van der Waals surface area contributed by atoms with Crippen molar-refractivity contribution in [1.29, 1.82) is 0 Å². The Kier molecular flexibility index (Phi) is 3.83.